The fraction of sp³-hybridized carbons (Fsp3) is 0.200. The van der Waals surface area contributed by atoms with E-state index in [0.717, 1.165) is 27.9 Å². The van der Waals surface area contributed by atoms with E-state index in [9.17, 15) is 0 Å². The molecule has 0 radical (unpaired) electrons. The van der Waals surface area contributed by atoms with Gasteiger partial charge in [0.2, 0.25) is 0 Å². The molecule has 0 fully saturated rings. The highest BCUT2D eigenvalue weighted by Crippen LogP contribution is 2.24. The number of aromatic nitrogens is 3. The Labute approximate surface area is 127 Å². The van der Waals surface area contributed by atoms with Gasteiger partial charge in [-0.25, -0.2) is 4.98 Å². The summed E-state index contributed by atoms with van der Waals surface area (Å²) in [4.78, 5) is 4.43. The average molecular weight is 303 g/mol. The van der Waals surface area contributed by atoms with E-state index in [0.29, 0.717) is 17.4 Å². The van der Waals surface area contributed by atoms with Crippen molar-refractivity contribution in [3.63, 3.8) is 0 Å². The minimum Gasteiger partial charge on any atom is -0.497 e. The lowest BCUT2D eigenvalue weighted by Gasteiger charge is -2.08. The number of halogens is 1. The SMILES string of the molecule is COc1ccc2cc(Cn3cc(Cl)c(C)n3)c(N)nc2c1. The second kappa shape index (κ2) is 5.26. The molecule has 5 nitrogen and oxygen atoms in total. The van der Waals surface area contributed by atoms with Gasteiger partial charge in [-0.15, -0.1) is 0 Å². The van der Waals surface area contributed by atoms with Gasteiger partial charge in [0.15, 0.2) is 0 Å². The number of nitrogen functional groups attached to an aromatic ring is 1. The van der Waals surface area contributed by atoms with E-state index < -0.39 is 0 Å². The van der Waals surface area contributed by atoms with Crippen LogP contribution in [0.1, 0.15) is 11.3 Å². The molecule has 0 saturated carbocycles. The van der Waals surface area contributed by atoms with Crippen molar-refractivity contribution in [3.05, 3.63) is 46.7 Å². The standard InChI is InChI=1S/C15H15ClN4O/c1-9-13(16)8-20(19-9)7-11-5-10-3-4-12(21-2)6-14(10)18-15(11)17/h3-6,8H,7H2,1-2H3,(H2,17,18). The van der Waals surface area contributed by atoms with E-state index in [2.05, 4.69) is 10.1 Å². The minimum absolute atomic E-state index is 0.486. The highest BCUT2D eigenvalue weighted by Gasteiger charge is 2.08. The zero-order valence-corrected chi connectivity index (χ0v) is 12.6. The average Bonchev–Trinajstić information content (AvgIpc) is 2.77. The number of nitrogens with two attached hydrogens (primary N) is 1. The number of ether oxygens (including phenoxy) is 1. The number of rotatable bonds is 3. The van der Waals surface area contributed by atoms with Crippen molar-refractivity contribution in [2.75, 3.05) is 12.8 Å². The molecule has 3 aromatic rings. The smallest absolute Gasteiger partial charge is 0.129 e. The maximum atomic E-state index is 6.04. The van der Waals surface area contributed by atoms with E-state index in [1.165, 1.54) is 0 Å². The van der Waals surface area contributed by atoms with Gasteiger partial charge < -0.3 is 10.5 Å². The molecule has 0 aliphatic carbocycles. The molecule has 2 aromatic heterocycles. The summed E-state index contributed by atoms with van der Waals surface area (Å²) in [6.45, 7) is 2.40. The van der Waals surface area contributed by atoms with Crippen LogP contribution in [0.25, 0.3) is 10.9 Å². The largest absolute Gasteiger partial charge is 0.497 e. The number of methoxy groups -OCH3 is 1. The van der Waals surface area contributed by atoms with Gasteiger partial charge in [-0.3, -0.25) is 4.68 Å². The Balaban J connectivity index is 2.00. The van der Waals surface area contributed by atoms with E-state index in [1.807, 2.05) is 31.2 Å². The van der Waals surface area contributed by atoms with Crippen molar-refractivity contribution in [1.82, 2.24) is 14.8 Å². The molecule has 0 spiro atoms. The first-order valence-corrected chi connectivity index (χ1v) is 6.87. The van der Waals surface area contributed by atoms with Gasteiger partial charge in [0, 0.05) is 23.2 Å². The molecule has 21 heavy (non-hydrogen) atoms. The molecule has 0 atom stereocenters. The van der Waals surface area contributed by atoms with Crippen LogP contribution in [0.4, 0.5) is 5.82 Å². The molecular weight excluding hydrogens is 288 g/mol. The maximum Gasteiger partial charge on any atom is 0.129 e. The predicted octanol–water partition coefficient (Wildman–Crippen LogP) is 3.03. The highest BCUT2D eigenvalue weighted by molar-refractivity contribution is 6.31. The lowest BCUT2D eigenvalue weighted by molar-refractivity contribution is 0.415. The molecular formula is C15H15ClN4O. The Kier molecular flexibility index (Phi) is 3.43. The highest BCUT2D eigenvalue weighted by atomic mass is 35.5. The number of nitrogens with zero attached hydrogens (tertiary/aromatic N) is 3. The van der Waals surface area contributed by atoms with Gasteiger partial charge in [-0.05, 0) is 25.1 Å². The predicted molar refractivity (Wildman–Crippen MR) is 83.8 cm³/mol. The zero-order valence-electron chi connectivity index (χ0n) is 11.8. The zero-order chi connectivity index (χ0) is 15.0. The third-order valence-electron chi connectivity index (χ3n) is 3.36. The van der Waals surface area contributed by atoms with E-state index in [1.54, 1.807) is 18.0 Å². The Morgan fingerprint density at radius 1 is 1.33 bits per heavy atom. The molecule has 3 rings (SSSR count). The number of hydrogen-bond acceptors (Lipinski definition) is 4. The molecule has 2 heterocycles. The molecule has 0 amide bonds. The Hall–Kier alpha value is -2.27. The summed E-state index contributed by atoms with van der Waals surface area (Å²) >= 11 is 6.02. The first-order chi connectivity index (χ1) is 10.1. The lowest BCUT2D eigenvalue weighted by atomic mass is 10.1. The summed E-state index contributed by atoms with van der Waals surface area (Å²) in [6, 6.07) is 7.75. The number of pyridine rings is 1. The lowest BCUT2D eigenvalue weighted by Crippen LogP contribution is -2.05. The second-order valence-electron chi connectivity index (χ2n) is 4.85. The summed E-state index contributed by atoms with van der Waals surface area (Å²) in [6.07, 6.45) is 1.79. The fourth-order valence-electron chi connectivity index (χ4n) is 2.21. The van der Waals surface area contributed by atoms with Gasteiger partial charge >= 0.3 is 0 Å². The molecule has 0 saturated heterocycles. The quantitative estimate of drug-likeness (QED) is 0.807. The fourth-order valence-corrected chi connectivity index (χ4v) is 2.36. The number of benzene rings is 1. The Bertz CT molecular complexity index is 793. The summed E-state index contributed by atoms with van der Waals surface area (Å²) in [5, 5.41) is 5.99. The third-order valence-corrected chi connectivity index (χ3v) is 3.73. The summed E-state index contributed by atoms with van der Waals surface area (Å²) in [5.74, 6) is 1.25. The van der Waals surface area contributed by atoms with E-state index in [-0.39, 0.29) is 0 Å². The molecule has 1 aromatic carbocycles. The van der Waals surface area contributed by atoms with Gasteiger partial charge in [0.1, 0.15) is 11.6 Å². The molecule has 108 valence electrons. The van der Waals surface area contributed by atoms with E-state index in [4.69, 9.17) is 22.1 Å². The first kappa shape index (κ1) is 13.7. The molecule has 6 heteroatoms. The molecule has 0 bridgehead atoms. The minimum atomic E-state index is 0.486. The summed E-state index contributed by atoms with van der Waals surface area (Å²) in [5.41, 5.74) is 8.56. The van der Waals surface area contributed by atoms with Crippen LogP contribution >= 0.6 is 11.6 Å². The van der Waals surface area contributed by atoms with Crippen molar-refractivity contribution < 1.29 is 4.74 Å². The number of hydrogen-bond donors (Lipinski definition) is 1. The Morgan fingerprint density at radius 3 is 2.81 bits per heavy atom. The normalized spacial score (nSPS) is 11.0. The van der Waals surface area contributed by atoms with E-state index >= 15 is 0 Å². The maximum absolute atomic E-state index is 6.04. The summed E-state index contributed by atoms with van der Waals surface area (Å²) in [7, 11) is 1.63. The second-order valence-corrected chi connectivity index (χ2v) is 5.26. The van der Waals surface area contributed by atoms with Crippen molar-refractivity contribution in [1.29, 1.82) is 0 Å². The molecule has 0 unspecified atom stereocenters. The van der Waals surface area contributed by atoms with Gasteiger partial charge in [0.25, 0.3) is 0 Å². The molecule has 2 N–H and O–H groups in total. The Morgan fingerprint density at radius 2 is 2.14 bits per heavy atom. The van der Waals surface area contributed by atoms with Crippen molar-refractivity contribution in [2.45, 2.75) is 13.5 Å². The topological polar surface area (TPSA) is 66.0 Å². The monoisotopic (exact) mass is 302 g/mol. The number of fused-ring (bicyclic) bond motifs is 1. The van der Waals surface area contributed by atoms with Crippen LogP contribution in [0.3, 0.4) is 0 Å². The van der Waals surface area contributed by atoms with Gasteiger partial charge in [-0.1, -0.05) is 11.6 Å². The molecule has 0 aliphatic rings. The van der Waals surface area contributed by atoms with Gasteiger partial charge in [-0.2, -0.15) is 5.10 Å². The van der Waals surface area contributed by atoms with Crippen LogP contribution in [0.5, 0.6) is 5.75 Å². The van der Waals surface area contributed by atoms with Crippen LogP contribution in [0, 0.1) is 6.92 Å². The van der Waals surface area contributed by atoms with Crippen molar-refractivity contribution in [2.24, 2.45) is 0 Å². The molecule has 0 aliphatic heterocycles. The van der Waals surface area contributed by atoms with Crippen LogP contribution < -0.4 is 10.5 Å². The van der Waals surface area contributed by atoms with Crippen molar-refractivity contribution >= 4 is 28.3 Å². The van der Waals surface area contributed by atoms with Crippen LogP contribution in [0.2, 0.25) is 5.02 Å². The van der Waals surface area contributed by atoms with Gasteiger partial charge in [0.05, 0.1) is 29.9 Å². The van der Waals surface area contributed by atoms with Crippen LogP contribution in [0.15, 0.2) is 30.5 Å². The van der Waals surface area contributed by atoms with Crippen LogP contribution in [-0.2, 0) is 6.54 Å². The van der Waals surface area contributed by atoms with Crippen molar-refractivity contribution in [3.8, 4) is 5.75 Å². The van der Waals surface area contributed by atoms with Crippen LogP contribution in [-0.4, -0.2) is 21.9 Å². The number of anilines is 1. The summed E-state index contributed by atoms with van der Waals surface area (Å²) < 4.78 is 6.96. The first-order valence-electron chi connectivity index (χ1n) is 6.49. The third kappa shape index (κ3) is 2.64. The number of aryl methyl sites for hydroxylation is 1.